The molecular weight excluding hydrogens is 522 g/mol. The molecule has 0 spiro atoms. The topological polar surface area (TPSA) is 180 Å². The SMILES string of the molecule is CSCC[C@H](NC=O)C(=O)N[C@@H](CC(C)C)C(=O)N[C@@H](Cc1ccccc1)C(=O)N[C@@H](CCCCN)C(=O)O. The lowest BCUT2D eigenvalue weighted by atomic mass is 10.00. The molecule has 0 aromatic heterocycles. The Bertz CT molecular complexity index is 917. The van der Waals surface area contributed by atoms with E-state index in [-0.39, 0.29) is 18.8 Å². The quantitative estimate of drug-likeness (QED) is 0.0992. The summed E-state index contributed by atoms with van der Waals surface area (Å²) >= 11 is 1.53. The molecule has 39 heavy (non-hydrogen) atoms. The largest absolute Gasteiger partial charge is 0.480 e. The van der Waals surface area contributed by atoms with Gasteiger partial charge >= 0.3 is 5.97 Å². The molecule has 0 saturated carbocycles. The maximum absolute atomic E-state index is 13.4. The third kappa shape index (κ3) is 13.5. The van der Waals surface area contributed by atoms with Crippen molar-refractivity contribution >= 4 is 41.9 Å². The fraction of sp³-hybridized carbons (Fsp3) is 0.593. The number of hydrogen-bond acceptors (Lipinski definition) is 7. The van der Waals surface area contributed by atoms with Gasteiger partial charge in [0.15, 0.2) is 0 Å². The van der Waals surface area contributed by atoms with Gasteiger partial charge in [-0.25, -0.2) is 4.79 Å². The first-order valence-electron chi connectivity index (χ1n) is 13.2. The second-order valence-electron chi connectivity index (χ2n) is 9.74. The van der Waals surface area contributed by atoms with E-state index in [0.29, 0.717) is 44.4 Å². The summed E-state index contributed by atoms with van der Waals surface area (Å²) in [5.41, 5.74) is 6.27. The van der Waals surface area contributed by atoms with E-state index in [1.165, 1.54) is 11.8 Å². The van der Waals surface area contributed by atoms with Crippen LogP contribution >= 0.6 is 11.8 Å². The van der Waals surface area contributed by atoms with Gasteiger partial charge < -0.3 is 32.1 Å². The Morgan fingerprint density at radius 1 is 0.897 bits per heavy atom. The van der Waals surface area contributed by atoms with E-state index in [0.717, 1.165) is 5.56 Å². The number of nitrogens with two attached hydrogens (primary N) is 1. The van der Waals surface area contributed by atoms with Gasteiger partial charge in [0, 0.05) is 6.42 Å². The number of carbonyl (C=O) groups excluding carboxylic acids is 4. The lowest BCUT2D eigenvalue weighted by Crippen LogP contribution is -2.58. The molecule has 218 valence electrons. The molecule has 0 radical (unpaired) electrons. The molecule has 0 aliphatic heterocycles. The molecule has 4 amide bonds. The maximum Gasteiger partial charge on any atom is 0.326 e. The van der Waals surface area contributed by atoms with Gasteiger partial charge in [0.05, 0.1) is 0 Å². The van der Waals surface area contributed by atoms with Crippen molar-refractivity contribution in [1.29, 1.82) is 0 Å². The van der Waals surface area contributed by atoms with Crippen LogP contribution in [0.3, 0.4) is 0 Å². The van der Waals surface area contributed by atoms with Crippen molar-refractivity contribution in [2.45, 2.75) is 76.5 Å². The Morgan fingerprint density at radius 3 is 2.05 bits per heavy atom. The van der Waals surface area contributed by atoms with Gasteiger partial charge in [-0.2, -0.15) is 11.8 Å². The zero-order chi connectivity index (χ0) is 29.2. The predicted molar refractivity (Wildman–Crippen MR) is 152 cm³/mol. The smallest absolute Gasteiger partial charge is 0.326 e. The number of benzene rings is 1. The minimum absolute atomic E-state index is 0.0325. The fourth-order valence-electron chi connectivity index (χ4n) is 3.94. The minimum Gasteiger partial charge on any atom is -0.480 e. The third-order valence-electron chi connectivity index (χ3n) is 6.01. The summed E-state index contributed by atoms with van der Waals surface area (Å²) in [6.07, 6.45) is 4.50. The summed E-state index contributed by atoms with van der Waals surface area (Å²) in [6, 6.07) is 5.06. The van der Waals surface area contributed by atoms with Crippen molar-refractivity contribution in [2.24, 2.45) is 11.7 Å². The third-order valence-corrected chi connectivity index (χ3v) is 6.66. The highest BCUT2D eigenvalue weighted by Gasteiger charge is 2.31. The van der Waals surface area contributed by atoms with Crippen LogP contribution in [0.1, 0.15) is 51.5 Å². The van der Waals surface area contributed by atoms with Crippen LogP contribution in [0.5, 0.6) is 0 Å². The van der Waals surface area contributed by atoms with Crippen LogP contribution in [0.25, 0.3) is 0 Å². The Labute approximate surface area is 234 Å². The highest BCUT2D eigenvalue weighted by atomic mass is 32.2. The number of hydrogen-bond donors (Lipinski definition) is 6. The van der Waals surface area contributed by atoms with Crippen LogP contribution < -0.4 is 27.0 Å². The zero-order valence-corrected chi connectivity index (χ0v) is 23.8. The molecule has 0 saturated heterocycles. The van der Waals surface area contributed by atoms with Gasteiger partial charge in [0.1, 0.15) is 24.2 Å². The van der Waals surface area contributed by atoms with Crippen molar-refractivity contribution < 1.29 is 29.1 Å². The van der Waals surface area contributed by atoms with E-state index in [2.05, 4.69) is 21.3 Å². The second-order valence-corrected chi connectivity index (χ2v) is 10.7. The number of aliphatic carboxylic acids is 1. The average molecular weight is 566 g/mol. The summed E-state index contributed by atoms with van der Waals surface area (Å²) in [6.45, 7) is 4.21. The molecule has 1 aromatic carbocycles. The molecule has 0 aliphatic rings. The van der Waals surface area contributed by atoms with Crippen LogP contribution in [0.2, 0.25) is 0 Å². The molecule has 7 N–H and O–H groups in total. The highest BCUT2D eigenvalue weighted by Crippen LogP contribution is 2.10. The Morgan fingerprint density at radius 2 is 1.49 bits per heavy atom. The minimum atomic E-state index is -1.17. The summed E-state index contributed by atoms with van der Waals surface area (Å²) < 4.78 is 0. The van der Waals surface area contributed by atoms with E-state index in [1.807, 2.05) is 26.2 Å². The van der Waals surface area contributed by atoms with E-state index in [1.54, 1.807) is 24.3 Å². The summed E-state index contributed by atoms with van der Waals surface area (Å²) in [4.78, 5) is 62.4. The number of carbonyl (C=O) groups is 5. The summed E-state index contributed by atoms with van der Waals surface area (Å²) in [5, 5.41) is 20.1. The van der Waals surface area contributed by atoms with Crippen LogP contribution in [0.4, 0.5) is 0 Å². The van der Waals surface area contributed by atoms with Gasteiger partial charge in [0.2, 0.25) is 24.1 Å². The second kappa shape index (κ2) is 19.0. The van der Waals surface area contributed by atoms with E-state index in [9.17, 15) is 29.1 Å². The Balaban J connectivity index is 3.13. The molecule has 0 fully saturated rings. The van der Waals surface area contributed by atoms with Gasteiger partial charge in [-0.1, -0.05) is 44.2 Å². The van der Waals surface area contributed by atoms with Crippen LogP contribution in [0, 0.1) is 5.92 Å². The lowest BCUT2D eigenvalue weighted by Gasteiger charge is -2.26. The molecule has 0 aliphatic carbocycles. The standard InChI is InChI=1S/C27H43N5O6S/c1-18(2)15-22(31-24(34)20(29-17-33)12-14-39-3)25(35)32-23(16-19-9-5-4-6-10-19)26(36)30-21(27(37)38)11-7-8-13-28/h4-6,9-10,17-18,20-23H,7-8,11-16,28H2,1-3H3,(H,29,33)(H,30,36)(H,31,34)(H,32,35)(H,37,38)/t20-,21-,22-,23-/m0/s1. The Kier molecular flexibility index (Phi) is 16.5. The molecule has 4 atom stereocenters. The first-order chi connectivity index (χ1) is 18.6. The number of thioether (sulfide) groups is 1. The molecule has 1 aromatic rings. The van der Waals surface area contributed by atoms with Crippen molar-refractivity contribution in [3.05, 3.63) is 35.9 Å². The Hall–Kier alpha value is -3.12. The maximum atomic E-state index is 13.4. The van der Waals surface area contributed by atoms with Gasteiger partial charge in [-0.05, 0) is 62.1 Å². The van der Waals surface area contributed by atoms with Crippen molar-refractivity contribution in [3.63, 3.8) is 0 Å². The van der Waals surface area contributed by atoms with Crippen molar-refractivity contribution in [2.75, 3.05) is 18.6 Å². The van der Waals surface area contributed by atoms with E-state index < -0.39 is 47.9 Å². The average Bonchev–Trinajstić information content (AvgIpc) is 2.89. The normalized spacial score (nSPS) is 14.0. The summed E-state index contributed by atoms with van der Waals surface area (Å²) in [5.74, 6) is -2.21. The number of amides is 4. The van der Waals surface area contributed by atoms with E-state index >= 15 is 0 Å². The number of carboxylic acid groups (broad SMARTS) is 1. The number of rotatable bonds is 20. The number of nitrogens with one attached hydrogen (secondary N) is 4. The lowest BCUT2D eigenvalue weighted by molar-refractivity contribution is -0.142. The molecule has 0 heterocycles. The highest BCUT2D eigenvalue weighted by molar-refractivity contribution is 7.98. The number of unbranched alkanes of at least 4 members (excludes halogenated alkanes) is 1. The summed E-state index contributed by atoms with van der Waals surface area (Å²) in [7, 11) is 0. The van der Waals surface area contributed by atoms with Crippen LogP contribution in [-0.2, 0) is 30.4 Å². The van der Waals surface area contributed by atoms with E-state index in [4.69, 9.17) is 5.73 Å². The first-order valence-corrected chi connectivity index (χ1v) is 14.6. The predicted octanol–water partition coefficient (Wildman–Crippen LogP) is 0.811. The van der Waals surface area contributed by atoms with Gasteiger partial charge in [-0.3, -0.25) is 19.2 Å². The zero-order valence-electron chi connectivity index (χ0n) is 23.0. The molecule has 1 rings (SSSR count). The van der Waals surface area contributed by atoms with Crippen molar-refractivity contribution in [1.82, 2.24) is 21.3 Å². The molecule has 11 nitrogen and oxygen atoms in total. The van der Waals surface area contributed by atoms with Gasteiger partial charge in [0.25, 0.3) is 0 Å². The number of carboxylic acids is 1. The molecular formula is C27H43N5O6S. The van der Waals surface area contributed by atoms with Crippen LogP contribution in [0.15, 0.2) is 30.3 Å². The molecule has 0 bridgehead atoms. The fourth-order valence-corrected chi connectivity index (χ4v) is 4.41. The first kappa shape index (κ1) is 33.9. The molecule has 0 unspecified atom stereocenters. The monoisotopic (exact) mass is 565 g/mol. The van der Waals surface area contributed by atoms with Gasteiger partial charge in [-0.15, -0.1) is 0 Å². The van der Waals surface area contributed by atoms with Crippen molar-refractivity contribution in [3.8, 4) is 0 Å². The van der Waals surface area contributed by atoms with Crippen LogP contribution in [-0.4, -0.2) is 77.9 Å². The molecule has 12 heteroatoms.